The number of benzene rings is 1. The zero-order chi connectivity index (χ0) is 23.0. The third-order valence-corrected chi connectivity index (χ3v) is 8.35. The molecule has 180 valence electrons. The second-order valence-corrected chi connectivity index (χ2v) is 11.0. The number of carbonyl (C=O) groups excluding carboxylic acids is 2. The maximum atomic E-state index is 12.3. The molecule has 0 spiro atoms. The van der Waals surface area contributed by atoms with Crippen molar-refractivity contribution in [3.8, 4) is 5.75 Å². The van der Waals surface area contributed by atoms with E-state index in [-0.39, 0.29) is 17.6 Å². The van der Waals surface area contributed by atoms with Crippen molar-refractivity contribution in [2.75, 3.05) is 32.8 Å². The summed E-state index contributed by atoms with van der Waals surface area (Å²) in [6.45, 7) is 6.09. The molecule has 6 nitrogen and oxygen atoms in total. The second-order valence-electron chi connectivity index (χ2n) is 10.6. The van der Waals surface area contributed by atoms with E-state index in [9.17, 15) is 9.59 Å². The van der Waals surface area contributed by atoms with Crippen molar-refractivity contribution >= 4 is 23.6 Å². The average molecular weight is 475 g/mol. The number of piperidine rings is 1. The van der Waals surface area contributed by atoms with Gasteiger partial charge in [0.25, 0.3) is 0 Å². The summed E-state index contributed by atoms with van der Waals surface area (Å²) in [6, 6.07) is 5.67. The van der Waals surface area contributed by atoms with Crippen molar-refractivity contribution in [2.24, 2.45) is 17.8 Å². The van der Waals surface area contributed by atoms with E-state index in [0.29, 0.717) is 24.0 Å². The Kier molecular flexibility index (Phi) is 6.47. The molecule has 1 aromatic carbocycles. The number of nitrogens with zero attached hydrogens (tertiary/aromatic N) is 2. The zero-order valence-corrected chi connectivity index (χ0v) is 20.3. The molecule has 7 heteroatoms. The van der Waals surface area contributed by atoms with Crippen molar-refractivity contribution in [3.05, 3.63) is 28.8 Å². The van der Waals surface area contributed by atoms with Gasteiger partial charge in [-0.1, -0.05) is 17.7 Å². The summed E-state index contributed by atoms with van der Waals surface area (Å²) in [5.74, 6) is 3.13. The molecule has 0 unspecified atom stereocenters. The van der Waals surface area contributed by atoms with E-state index in [1.807, 2.05) is 34.9 Å². The van der Waals surface area contributed by atoms with E-state index in [1.54, 1.807) is 0 Å². The van der Waals surface area contributed by atoms with Gasteiger partial charge in [0, 0.05) is 31.2 Å². The van der Waals surface area contributed by atoms with Gasteiger partial charge in [-0.2, -0.15) is 0 Å². The highest BCUT2D eigenvalue weighted by molar-refractivity contribution is 6.31. The summed E-state index contributed by atoms with van der Waals surface area (Å²) in [6.07, 6.45) is 7.82. The van der Waals surface area contributed by atoms with E-state index >= 15 is 0 Å². The summed E-state index contributed by atoms with van der Waals surface area (Å²) >= 11 is 6.40. The van der Waals surface area contributed by atoms with Gasteiger partial charge in [-0.15, -0.1) is 0 Å². The fourth-order valence-electron chi connectivity index (χ4n) is 5.17. The molecule has 0 bridgehead atoms. The van der Waals surface area contributed by atoms with E-state index in [4.69, 9.17) is 21.1 Å². The summed E-state index contributed by atoms with van der Waals surface area (Å²) in [5, 5.41) is 0.603. The van der Waals surface area contributed by atoms with Crippen LogP contribution in [0.15, 0.2) is 18.2 Å². The van der Waals surface area contributed by atoms with Gasteiger partial charge in [-0.3, -0.25) is 4.79 Å². The molecule has 4 fully saturated rings. The van der Waals surface area contributed by atoms with Crippen LogP contribution < -0.4 is 4.74 Å². The Morgan fingerprint density at radius 3 is 2.52 bits per heavy atom. The van der Waals surface area contributed by atoms with Crippen molar-refractivity contribution in [1.29, 1.82) is 0 Å². The minimum absolute atomic E-state index is 0.121. The van der Waals surface area contributed by atoms with Crippen molar-refractivity contribution in [3.63, 3.8) is 0 Å². The molecule has 2 saturated heterocycles. The molecule has 2 atom stereocenters. The van der Waals surface area contributed by atoms with Crippen LogP contribution in [0.25, 0.3) is 0 Å². The third-order valence-electron chi connectivity index (χ3n) is 8.00. The smallest absolute Gasteiger partial charge is 0.410 e. The first kappa shape index (κ1) is 22.8. The number of amides is 2. The molecule has 5 rings (SSSR count). The van der Waals surface area contributed by atoms with Crippen LogP contribution in [0.3, 0.4) is 0 Å². The average Bonchev–Trinajstić information content (AvgIpc) is 3.67. The quantitative estimate of drug-likeness (QED) is 0.536. The van der Waals surface area contributed by atoms with Gasteiger partial charge in [0.05, 0.1) is 13.0 Å². The lowest BCUT2D eigenvalue weighted by molar-refractivity contribution is -0.133. The molecule has 2 heterocycles. The Morgan fingerprint density at radius 1 is 1.12 bits per heavy atom. The first-order valence-corrected chi connectivity index (χ1v) is 12.9. The van der Waals surface area contributed by atoms with Crippen LogP contribution in [0.4, 0.5) is 4.79 Å². The van der Waals surface area contributed by atoms with Crippen LogP contribution in [0.5, 0.6) is 5.75 Å². The van der Waals surface area contributed by atoms with Gasteiger partial charge in [0.2, 0.25) is 5.91 Å². The molecule has 0 aromatic heterocycles. The van der Waals surface area contributed by atoms with Crippen LogP contribution >= 0.6 is 11.6 Å². The van der Waals surface area contributed by atoms with Crippen LogP contribution in [-0.2, 0) is 16.0 Å². The Labute approximate surface area is 201 Å². The Balaban J connectivity index is 0.998. The second kappa shape index (κ2) is 9.36. The van der Waals surface area contributed by atoms with Crippen molar-refractivity contribution in [1.82, 2.24) is 9.80 Å². The lowest BCUT2D eigenvalue weighted by Gasteiger charge is -2.32. The fourth-order valence-corrected chi connectivity index (χ4v) is 5.41. The maximum Gasteiger partial charge on any atom is 0.410 e. The van der Waals surface area contributed by atoms with Gasteiger partial charge < -0.3 is 19.3 Å². The molecule has 2 aliphatic carbocycles. The highest BCUT2D eigenvalue weighted by Gasteiger charge is 2.45. The number of likely N-dealkylation sites (tertiary alicyclic amines) is 2. The SMILES string of the molecule is CC1(OC(=O)N2CCC([C@H]3C[C@H]3CCOc3ccc(CC(=O)N4CCC4)c(Cl)c3)CC2)CC1. The first-order valence-electron chi connectivity index (χ1n) is 12.6. The molecule has 2 aliphatic heterocycles. The third kappa shape index (κ3) is 5.59. The summed E-state index contributed by atoms with van der Waals surface area (Å²) in [7, 11) is 0. The van der Waals surface area contributed by atoms with Gasteiger partial charge in [-0.25, -0.2) is 4.79 Å². The highest BCUT2D eigenvalue weighted by Crippen LogP contribution is 2.50. The lowest BCUT2D eigenvalue weighted by atomic mass is 9.91. The molecule has 0 N–H and O–H groups in total. The van der Waals surface area contributed by atoms with E-state index in [1.165, 1.54) is 6.42 Å². The van der Waals surface area contributed by atoms with Gasteiger partial charge in [0.1, 0.15) is 11.4 Å². The first-order chi connectivity index (χ1) is 15.9. The van der Waals surface area contributed by atoms with Crippen LogP contribution in [0.1, 0.15) is 57.4 Å². The number of hydrogen-bond donors (Lipinski definition) is 0. The maximum absolute atomic E-state index is 12.3. The van der Waals surface area contributed by atoms with Gasteiger partial charge in [0.15, 0.2) is 0 Å². The zero-order valence-electron chi connectivity index (χ0n) is 19.6. The monoisotopic (exact) mass is 474 g/mol. The number of hydrogen-bond acceptors (Lipinski definition) is 4. The normalized spacial score (nSPS) is 25.9. The van der Waals surface area contributed by atoms with Crippen LogP contribution in [-0.4, -0.2) is 60.2 Å². The lowest BCUT2D eigenvalue weighted by Crippen LogP contribution is -2.42. The summed E-state index contributed by atoms with van der Waals surface area (Å²) in [4.78, 5) is 28.2. The molecule has 2 saturated carbocycles. The molecule has 33 heavy (non-hydrogen) atoms. The van der Waals surface area contributed by atoms with E-state index in [2.05, 4.69) is 0 Å². The predicted octanol–water partition coefficient (Wildman–Crippen LogP) is 4.92. The fraction of sp³-hybridized carbons (Fsp3) is 0.692. The number of rotatable bonds is 8. The largest absolute Gasteiger partial charge is 0.494 e. The van der Waals surface area contributed by atoms with Crippen LogP contribution in [0.2, 0.25) is 5.02 Å². The van der Waals surface area contributed by atoms with Crippen molar-refractivity contribution in [2.45, 2.75) is 63.9 Å². The molecule has 0 radical (unpaired) electrons. The van der Waals surface area contributed by atoms with E-state index < -0.39 is 0 Å². The highest BCUT2D eigenvalue weighted by atomic mass is 35.5. The van der Waals surface area contributed by atoms with Gasteiger partial charge >= 0.3 is 6.09 Å². The number of ether oxygens (including phenoxy) is 2. The summed E-state index contributed by atoms with van der Waals surface area (Å²) < 4.78 is 11.6. The topological polar surface area (TPSA) is 59.1 Å². The Bertz CT molecular complexity index is 890. The van der Waals surface area contributed by atoms with Gasteiger partial charge in [-0.05, 0) is 87.3 Å². The molecular formula is C26H35ClN2O4. The minimum atomic E-state index is -0.189. The van der Waals surface area contributed by atoms with Crippen molar-refractivity contribution < 1.29 is 19.1 Å². The summed E-state index contributed by atoms with van der Waals surface area (Å²) in [5.41, 5.74) is 0.677. The Morgan fingerprint density at radius 2 is 1.88 bits per heavy atom. The molecule has 2 amide bonds. The number of carbonyl (C=O) groups is 2. The predicted molar refractivity (Wildman–Crippen MR) is 126 cm³/mol. The molecule has 4 aliphatic rings. The number of halogens is 1. The molecule has 1 aromatic rings. The van der Waals surface area contributed by atoms with E-state index in [0.717, 1.165) is 87.9 Å². The standard InChI is InChI=1S/C26H35ClN2O4/c1-26(8-9-26)33-25(31)29-12-5-18(6-13-29)22-15-19(22)7-14-32-21-4-3-20(23(27)17-21)16-24(30)28-10-2-11-28/h3-4,17-19,22H,2,5-16H2,1H3/t19-,22-/m1/s1. The molecular weight excluding hydrogens is 440 g/mol. The minimum Gasteiger partial charge on any atom is -0.494 e. The Hall–Kier alpha value is -1.95. The van der Waals surface area contributed by atoms with Crippen LogP contribution in [0, 0.1) is 17.8 Å².